The van der Waals surface area contributed by atoms with E-state index in [2.05, 4.69) is 21.2 Å². The van der Waals surface area contributed by atoms with Crippen molar-refractivity contribution in [1.29, 1.82) is 0 Å². The number of carbonyl (C=O) groups excluding carboxylic acids is 1. The Bertz CT molecular complexity index is 520. The van der Waals surface area contributed by atoms with Gasteiger partial charge in [0.25, 0.3) is 0 Å². The van der Waals surface area contributed by atoms with Crippen LogP contribution in [0.25, 0.3) is 0 Å². The molecule has 0 radical (unpaired) electrons. The molecule has 2 N–H and O–H groups in total. The molecule has 1 rings (SSSR count). The van der Waals surface area contributed by atoms with Crippen LogP contribution >= 0.6 is 15.9 Å². The van der Waals surface area contributed by atoms with E-state index < -0.39 is 17.7 Å². The predicted octanol–water partition coefficient (Wildman–Crippen LogP) is 3.80. The lowest BCUT2D eigenvalue weighted by Gasteiger charge is -2.20. The van der Waals surface area contributed by atoms with Crippen LogP contribution in [-0.4, -0.2) is 22.8 Å². The fourth-order valence-electron chi connectivity index (χ4n) is 1.40. The summed E-state index contributed by atoms with van der Waals surface area (Å²) in [6.45, 7) is 7.00. The highest BCUT2D eigenvalue weighted by Gasteiger charge is 2.18. The van der Waals surface area contributed by atoms with E-state index in [-0.39, 0.29) is 5.56 Å². The van der Waals surface area contributed by atoms with E-state index in [1.807, 2.05) is 0 Å². The number of benzene rings is 1. The van der Waals surface area contributed by atoms with Gasteiger partial charge in [-0.1, -0.05) is 0 Å². The van der Waals surface area contributed by atoms with Gasteiger partial charge in [-0.3, -0.25) is 5.32 Å². The van der Waals surface area contributed by atoms with E-state index in [0.717, 1.165) is 0 Å². The van der Waals surface area contributed by atoms with Crippen molar-refractivity contribution in [2.45, 2.75) is 33.3 Å². The van der Waals surface area contributed by atoms with Gasteiger partial charge in [-0.2, -0.15) is 0 Å². The van der Waals surface area contributed by atoms with Gasteiger partial charge in [0, 0.05) is 4.47 Å². The molecule has 0 saturated heterocycles. The van der Waals surface area contributed by atoms with Gasteiger partial charge in [0.05, 0.1) is 11.3 Å². The number of ether oxygens (including phenoxy) is 1. The molecule has 0 heterocycles. The molecule has 0 aliphatic carbocycles. The zero-order chi connectivity index (χ0) is 14.8. The minimum absolute atomic E-state index is 0.103. The minimum atomic E-state index is -1.05. The van der Waals surface area contributed by atoms with E-state index in [9.17, 15) is 9.59 Å². The first kappa shape index (κ1) is 15.5. The second-order valence-corrected chi connectivity index (χ2v) is 5.88. The summed E-state index contributed by atoms with van der Waals surface area (Å²) in [5.74, 6) is -1.05. The third-order valence-corrected chi connectivity index (χ3v) is 3.19. The number of rotatable bonds is 2. The number of hydrogen-bond donors (Lipinski definition) is 2. The topological polar surface area (TPSA) is 75.6 Å². The molecular weight excluding hydrogens is 314 g/mol. The molecule has 1 aromatic carbocycles. The summed E-state index contributed by atoms with van der Waals surface area (Å²) in [7, 11) is 0. The Morgan fingerprint density at radius 1 is 1.32 bits per heavy atom. The van der Waals surface area contributed by atoms with Crippen molar-refractivity contribution in [3.05, 3.63) is 27.7 Å². The molecule has 0 aliphatic heterocycles. The maximum absolute atomic E-state index is 11.7. The molecule has 19 heavy (non-hydrogen) atoms. The molecule has 6 heteroatoms. The molecule has 104 valence electrons. The number of halogens is 1. The highest BCUT2D eigenvalue weighted by Crippen LogP contribution is 2.28. The Hall–Kier alpha value is -1.56. The first-order valence-electron chi connectivity index (χ1n) is 5.63. The summed E-state index contributed by atoms with van der Waals surface area (Å²) in [5, 5.41) is 11.5. The van der Waals surface area contributed by atoms with Gasteiger partial charge in [0.1, 0.15) is 5.60 Å². The van der Waals surface area contributed by atoms with E-state index in [4.69, 9.17) is 9.84 Å². The zero-order valence-corrected chi connectivity index (χ0v) is 12.8. The summed E-state index contributed by atoms with van der Waals surface area (Å²) in [6, 6.07) is 2.90. The van der Waals surface area contributed by atoms with Crippen molar-refractivity contribution in [2.24, 2.45) is 0 Å². The highest BCUT2D eigenvalue weighted by atomic mass is 79.9. The number of aryl methyl sites for hydroxylation is 1. The van der Waals surface area contributed by atoms with Gasteiger partial charge in [0.2, 0.25) is 0 Å². The predicted molar refractivity (Wildman–Crippen MR) is 75.7 cm³/mol. The Morgan fingerprint density at radius 2 is 1.89 bits per heavy atom. The molecule has 1 amide bonds. The third-order valence-electron chi connectivity index (χ3n) is 2.14. The summed E-state index contributed by atoms with van der Waals surface area (Å²) in [4.78, 5) is 22.6. The molecule has 0 aromatic heterocycles. The third kappa shape index (κ3) is 4.55. The fraction of sp³-hybridized carbons (Fsp3) is 0.385. The van der Waals surface area contributed by atoms with Gasteiger partial charge in [-0.25, -0.2) is 9.59 Å². The van der Waals surface area contributed by atoms with Crippen LogP contribution < -0.4 is 5.32 Å². The molecule has 0 bridgehead atoms. The number of aromatic carboxylic acids is 1. The van der Waals surface area contributed by atoms with Crippen LogP contribution in [0.1, 0.15) is 36.7 Å². The average Bonchev–Trinajstić information content (AvgIpc) is 2.21. The van der Waals surface area contributed by atoms with Crippen LogP contribution in [0, 0.1) is 6.92 Å². The second-order valence-electron chi connectivity index (χ2n) is 5.09. The molecule has 0 unspecified atom stereocenters. The summed E-state index contributed by atoms with van der Waals surface area (Å²) >= 11 is 3.31. The Labute approximate surface area is 120 Å². The smallest absolute Gasteiger partial charge is 0.412 e. The van der Waals surface area contributed by atoms with E-state index >= 15 is 0 Å². The molecule has 0 atom stereocenters. The minimum Gasteiger partial charge on any atom is -0.478 e. The fourth-order valence-corrected chi connectivity index (χ4v) is 1.73. The number of carbonyl (C=O) groups is 2. The van der Waals surface area contributed by atoms with Crippen molar-refractivity contribution in [3.8, 4) is 0 Å². The van der Waals surface area contributed by atoms with Crippen LogP contribution in [0.4, 0.5) is 10.5 Å². The van der Waals surface area contributed by atoms with Crippen LogP contribution in [0.5, 0.6) is 0 Å². The zero-order valence-electron chi connectivity index (χ0n) is 11.2. The Balaban J connectivity index is 3.01. The summed E-state index contributed by atoms with van der Waals surface area (Å²) in [5.41, 5.74) is 0.570. The quantitative estimate of drug-likeness (QED) is 0.865. The van der Waals surface area contributed by atoms with Crippen molar-refractivity contribution >= 4 is 33.7 Å². The lowest BCUT2D eigenvalue weighted by atomic mass is 10.1. The first-order chi connectivity index (χ1) is 8.60. The largest absolute Gasteiger partial charge is 0.478 e. The van der Waals surface area contributed by atoms with Crippen LogP contribution in [0.2, 0.25) is 0 Å². The molecule has 0 saturated carbocycles. The lowest BCUT2D eigenvalue weighted by molar-refractivity contribution is 0.0632. The summed E-state index contributed by atoms with van der Waals surface area (Å²) < 4.78 is 5.75. The first-order valence-corrected chi connectivity index (χ1v) is 6.43. The van der Waals surface area contributed by atoms with E-state index in [1.54, 1.807) is 27.7 Å². The highest BCUT2D eigenvalue weighted by molar-refractivity contribution is 9.10. The van der Waals surface area contributed by atoms with Gasteiger partial charge >= 0.3 is 12.1 Å². The van der Waals surface area contributed by atoms with E-state index in [1.165, 1.54) is 12.1 Å². The molecule has 5 nitrogen and oxygen atoms in total. The number of carboxylic acids is 1. The maximum atomic E-state index is 11.7. The molecular formula is C13H16BrNO4. The number of carboxylic acid groups (broad SMARTS) is 1. The lowest BCUT2D eigenvalue weighted by Crippen LogP contribution is -2.27. The van der Waals surface area contributed by atoms with Gasteiger partial charge in [-0.05, 0) is 61.3 Å². The summed E-state index contributed by atoms with van der Waals surface area (Å²) in [6.07, 6.45) is -0.630. The monoisotopic (exact) mass is 329 g/mol. The van der Waals surface area contributed by atoms with Crippen molar-refractivity contribution in [2.75, 3.05) is 5.32 Å². The Kier molecular flexibility index (Phi) is 4.57. The van der Waals surface area contributed by atoms with Crippen molar-refractivity contribution in [1.82, 2.24) is 0 Å². The number of hydrogen-bond acceptors (Lipinski definition) is 3. The van der Waals surface area contributed by atoms with Crippen molar-refractivity contribution < 1.29 is 19.4 Å². The standard InChI is InChI=1S/C13H16BrNO4/c1-7-5-8(11(16)17)6-9(10(7)14)15-12(18)19-13(2,3)4/h5-6H,1-4H3,(H,15,18)(H,16,17). The van der Waals surface area contributed by atoms with Crippen LogP contribution in [0.15, 0.2) is 16.6 Å². The van der Waals surface area contributed by atoms with Gasteiger partial charge in [-0.15, -0.1) is 0 Å². The SMILES string of the molecule is Cc1cc(C(=O)O)cc(NC(=O)OC(C)(C)C)c1Br. The molecule has 0 aliphatic rings. The average molecular weight is 330 g/mol. The van der Waals surface area contributed by atoms with Crippen molar-refractivity contribution in [3.63, 3.8) is 0 Å². The number of amides is 1. The van der Waals surface area contributed by atoms with E-state index in [0.29, 0.717) is 15.7 Å². The second kappa shape index (κ2) is 5.61. The van der Waals surface area contributed by atoms with Crippen LogP contribution in [0.3, 0.4) is 0 Å². The maximum Gasteiger partial charge on any atom is 0.412 e. The Morgan fingerprint density at radius 3 is 2.37 bits per heavy atom. The number of anilines is 1. The molecule has 0 spiro atoms. The van der Waals surface area contributed by atoms with Crippen LogP contribution in [-0.2, 0) is 4.74 Å². The molecule has 0 fully saturated rings. The number of nitrogens with one attached hydrogen (secondary N) is 1. The van der Waals surface area contributed by atoms with Gasteiger partial charge < -0.3 is 9.84 Å². The molecule has 1 aromatic rings. The normalized spacial score (nSPS) is 11.0. The van der Waals surface area contributed by atoms with Gasteiger partial charge in [0.15, 0.2) is 0 Å².